The first kappa shape index (κ1) is 11.2. The molecule has 0 aromatic carbocycles. The van der Waals surface area contributed by atoms with Crippen molar-refractivity contribution in [3.8, 4) is 0 Å². The van der Waals surface area contributed by atoms with Gasteiger partial charge in [-0.05, 0) is 18.3 Å². The zero-order valence-electron chi connectivity index (χ0n) is 9.04. The summed E-state index contributed by atoms with van der Waals surface area (Å²) in [7, 11) is 1.29. The van der Waals surface area contributed by atoms with Gasteiger partial charge in [-0.25, -0.2) is 4.79 Å². The van der Waals surface area contributed by atoms with Gasteiger partial charge >= 0.3 is 5.97 Å². The van der Waals surface area contributed by atoms with Crippen LogP contribution in [0.1, 0.15) is 26.7 Å². The zero-order valence-corrected chi connectivity index (χ0v) is 9.04. The van der Waals surface area contributed by atoms with E-state index in [0.29, 0.717) is 0 Å². The van der Waals surface area contributed by atoms with Gasteiger partial charge in [0, 0.05) is 5.92 Å². The number of aliphatic hydroxyl groups is 1. The van der Waals surface area contributed by atoms with Crippen molar-refractivity contribution in [1.82, 2.24) is 0 Å². The Kier molecular flexibility index (Phi) is 3.00. The quantitative estimate of drug-likeness (QED) is 0.540. The fourth-order valence-corrected chi connectivity index (χ4v) is 2.11. The van der Waals surface area contributed by atoms with Crippen molar-refractivity contribution < 1.29 is 14.6 Å². The number of methoxy groups -OCH3 is 1. The molecule has 0 aromatic heterocycles. The monoisotopic (exact) mass is 198 g/mol. The number of allylic oxidation sites excluding steroid dienone is 1. The summed E-state index contributed by atoms with van der Waals surface area (Å²) in [5, 5.41) is 9.76. The highest BCUT2D eigenvalue weighted by Crippen LogP contribution is 2.47. The molecule has 0 radical (unpaired) electrons. The molecular weight excluding hydrogens is 180 g/mol. The molecule has 14 heavy (non-hydrogen) atoms. The van der Waals surface area contributed by atoms with Crippen LogP contribution in [0.2, 0.25) is 0 Å². The molecule has 3 heteroatoms. The Morgan fingerprint density at radius 1 is 1.71 bits per heavy atom. The average Bonchev–Trinajstić information content (AvgIpc) is 2.40. The van der Waals surface area contributed by atoms with Crippen LogP contribution in [0, 0.1) is 11.3 Å². The Balaban J connectivity index is 2.79. The number of carbonyl (C=O) groups is 1. The van der Waals surface area contributed by atoms with E-state index in [9.17, 15) is 9.90 Å². The van der Waals surface area contributed by atoms with E-state index >= 15 is 0 Å². The number of carbonyl (C=O) groups excluding carboxylic acids is 1. The van der Waals surface area contributed by atoms with Gasteiger partial charge in [0.15, 0.2) is 6.10 Å². The molecule has 0 bridgehead atoms. The summed E-state index contributed by atoms with van der Waals surface area (Å²) in [5.41, 5.74) is 0.929. The van der Waals surface area contributed by atoms with E-state index in [1.807, 2.05) is 13.8 Å². The summed E-state index contributed by atoms with van der Waals surface area (Å²) < 4.78 is 4.53. The molecule has 0 unspecified atom stereocenters. The van der Waals surface area contributed by atoms with Crippen molar-refractivity contribution in [3.63, 3.8) is 0 Å². The minimum Gasteiger partial charge on any atom is -0.467 e. The molecule has 0 heterocycles. The molecule has 2 atom stereocenters. The lowest BCUT2D eigenvalue weighted by Crippen LogP contribution is -2.36. The number of ether oxygens (including phenoxy) is 1. The maximum atomic E-state index is 11.2. The van der Waals surface area contributed by atoms with Gasteiger partial charge in [0.1, 0.15) is 0 Å². The summed E-state index contributed by atoms with van der Waals surface area (Å²) in [6, 6.07) is 0. The predicted octanol–water partition coefficient (Wildman–Crippen LogP) is 1.51. The van der Waals surface area contributed by atoms with Crippen molar-refractivity contribution >= 4 is 5.97 Å². The van der Waals surface area contributed by atoms with E-state index in [-0.39, 0.29) is 11.3 Å². The molecule has 1 saturated carbocycles. The van der Waals surface area contributed by atoms with Crippen LogP contribution >= 0.6 is 0 Å². The fraction of sp³-hybridized carbons (Fsp3) is 0.727. The minimum absolute atomic E-state index is 0.0672. The van der Waals surface area contributed by atoms with Gasteiger partial charge in [-0.3, -0.25) is 0 Å². The van der Waals surface area contributed by atoms with Gasteiger partial charge in [0.05, 0.1) is 7.11 Å². The molecule has 1 N–H and O–H groups in total. The van der Waals surface area contributed by atoms with Gasteiger partial charge < -0.3 is 9.84 Å². The highest BCUT2D eigenvalue weighted by atomic mass is 16.5. The molecule has 3 nitrogen and oxygen atoms in total. The normalized spacial score (nSPS) is 27.4. The van der Waals surface area contributed by atoms with Crippen LogP contribution in [-0.2, 0) is 9.53 Å². The molecule has 1 fully saturated rings. The second-order valence-corrected chi connectivity index (χ2v) is 4.44. The van der Waals surface area contributed by atoms with Gasteiger partial charge in [0.25, 0.3) is 0 Å². The third kappa shape index (κ3) is 1.69. The summed E-state index contributed by atoms with van der Waals surface area (Å²) in [5.74, 6) is -0.611. The Morgan fingerprint density at radius 3 is 2.64 bits per heavy atom. The first-order chi connectivity index (χ1) is 6.41. The average molecular weight is 198 g/mol. The van der Waals surface area contributed by atoms with Crippen molar-refractivity contribution in [2.75, 3.05) is 7.11 Å². The fourth-order valence-electron chi connectivity index (χ4n) is 2.11. The van der Waals surface area contributed by atoms with Crippen LogP contribution < -0.4 is 0 Å². The number of hydrogen-bond donors (Lipinski definition) is 1. The van der Waals surface area contributed by atoms with Crippen molar-refractivity contribution in [1.29, 1.82) is 0 Å². The van der Waals surface area contributed by atoms with Crippen LogP contribution in [0.3, 0.4) is 0 Å². The van der Waals surface area contributed by atoms with Crippen LogP contribution in [0.5, 0.6) is 0 Å². The van der Waals surface area contributed by atoms with E-state index in [1.54, 1.807) is 0 Å². The summed E-state index contributed by atoms with van der Waals surface area (Å²) in [4.78, 5) is 11.2. The topological polar surface area (TPSA) is 46.5 Å². The Bertz CT molecular complexity index is 255. The molecule has 1 aliphatic rings. The molecule has 0 amide bonds. The highest BCUT2D eigenvalue weighted by Gasteiger charge is 2.44. The molecule has 0 spiro atoms. The molecule has 0 aliphatic heterocycles. The van der Waals surface area contributed by atoms with Gasteiger partial charge in [0.2, 0.25) is 0 Å². The van der Waals surface area contributed by atoms with Gasteiger partial charge in [-0.15, -0.1) is 0 Å². The summed E-state index contributed by atoms with van der Waals surface area (Å²) >= 11 is 0. The van der Waals surface area contributed by atoms with Crippen LogP contribution in [-0.4, -0.2) is 24.3 Å². The summed E-state index contributed by atoms with van der Waals surface area (Å²) in [6.07, 6.45) is 0.669. The molecule has 1 aliphatic carbocycles. The lowest BCUT2D eigenvalue weighted by Gasteiger charge is -2.30. The lowest BCUT2D eigenvalue weighted by molar-refractivity contribution is -0.155. The van der Waals surface area contributed by atoms with Gasteiger partial charge in [-0.1, -0.05) is 26.0 Å². The van der Waals surface area contributed by atoms with Crippen LogP contribution in [0.15, 0.2) is 12.2 Å². The van der Waals surface area contributed by atoms with E-state index in [2.05, 4.69) is 11.3 Å². The van der Waals surface area contributed by atoms with Crippen molar-refractivity contribution in [3.05, 3.63) is 12.2 Å². The van der Waals surface area contributed by atoms with E-state index in [4.69, 9.17) is 0 Å². The Morgan fingerprint density at radius 2 is 2.29 bits per heavy atom. The van der Waals surface area contributed by atoms with E-state index in [0.717, 1.165) is 18.4 Å². The second kappa shape index (κ2) is 3.73. The number of rotatable bonds is 2. The van der Waals surface area contributed by atoms with Crippen LogP contribution in [0.4, 0.5) is 0 Å². The van der Waals surface area contributed by atoms with Gasteiger partial charge in [-0.2, -0.15) is 0 Å². The molecule has 0 aromatic rings. The third-order valence-corrected chi connectivity index (χ3v) is 3.42. The zero-order chi connectivity index (χ0) is 10.9. The highest BCUT2D eigenvalue weighted by molar-refractivity contribution is 5.74. The molecule has 1 rings (SSSR count). The molecular formula is C11H18O3. The largest absolute Gasteiger partial charge is 0.467 e. The SMILES string of the molecule is C=C1CC[C@@H]([C@@H](O)C(=O)OC)C1(C)C. The standard InChI is InChI=1S/C11H18O3/c1-7-5-6-8(11(7,2)3)9(12)10(13)14-4/h8-9,12H,1,5-6H2,2-4H3/t8-,9+/m0/s1. The minimum atomic E-state index is -1.02. The van der Waals surface area contributed by atoms with E-state index in [1.165, 1.54) is 7.11 Å². The Hall–Kier alpha value is -0.830. The Labute approximate surface area is 84.8 Å². The van der Waals surface area contributed by atoms with Crippen molar-refractivity contribution in [2.24, 2.45) is 11.3 Å². The first-order valence-corrected chi connectivity index (χ1v) is 4.85. The van der Waals surface area contributed by atoms with Crippen LogP contribution in [0.25, 0.3) is 0 Å². The smallest absolute Gasteiger partial charge is 0.335 e. The van der Waals surface area contributed by atoms with E-state index < -0.39 is 12.1 Å². The molecule has 0 saturated heterocycles. The third-order valence-electron chi connectivity index (χ3n) is 3.42. The predicted molar refractivity (Wildman–Crippen MR) is 53.7 cm³/mol. The van der Waals surface area contributed by atoms with Crippen molar-refractivity contribution in [2.45, 2.75) is 32.8 Å². The second-order valence-electron chi connectivity index (χ2n) is 4.44. The summed E-state index contributed by atoms with van der Waals surface area (Å²) in [6.45, 7) is 7.99. The number of hydrogen-bond acceptors (Lipinski definition) is 3. The molecule has 80 valence electrons. The number of esters is 1. The maximum Gasteiger partial charge on any atom is 0.335 e. The lowest BCUT2D eigenvalue weighted by atomic mass is 9.76. The number of aliphatic hydroxyl groups excluding tert-OH is 1. The first-order valence-electron chi connectivity index (χ1n) is 4.85. The maximum absolute atomic E-state index is 11.2.